The number of amides is 1. The van der Waals surface area contributed by atoms with Gasteiger partial charge in [0.1, 0.15) is 0 Å². The summed E-state index contributed by atoms with van der Waals surface area (Å²) in [5.41, 5.74) is 1.14. The predicted octanol–water partition coefficient (Wildman–Crippen LogP) is 4.21. The Bertz CT molecular complexity index is 413. The summed E-state index contributed by atoms with van der Waals surface area (Å²) in [5, 5.41) is 3.09. The molecule has 1 amide bonds. The zero-order valence-corrected chi connectivity index (χ0v) is 12.4. The van der Waals surface area contributed by atoms with Gasteiger partial charge < -0.3 is 5.32 Å². The van der Waals surface area contributed by atoms with E-state index in [1.165, 1.54) is 25.7 Å². The molecule has 2 rings (SSSR count). The van der Waals surface area contributed by atoms with Crippen LogP contribution in [0.2, 0.25) is 0 Å². The third-order valence-electron chi connectivity index (χ3n) is 3.67. The average molecular weight is 310 g/mol. The molecule has 3 heteroatoms. The van der Waals surface area contributed by atoms with Crippen LogP contribution in [0.1, 0.15) is 50.6 Å². The third-order valence-corrected chi connectivity index (χ3v) is 4.17. The molecule has 1 saturated carbocycles. The molecule has 0 spiro atoms. The Balaban J connectivity index is 1.86. The van der Waals surface area contributed by atoms with Crippen LogP contribution in [-0.4, -0.2) is 5.91 Å². The first-order valence-corrected chi connectivity index (χ1v) is 7.49. The molecule has 0 unspecified atom stereocenters. The summed E-state index contributed by atoms with van der Waals surface area (Å²) in [6.45, 7) is 2.04. The van der Waals surface area contributed by atoms with Crippen molar-refractivity contribution in [3.8, 4) is 0 Å². The summed E-state index contributed by atoms with van der Waals surface area (Å²) in [7, 11) is 0. The number of benzene rings is 1. The molecule has 98 valence electrons. The van der Waals surface area contributed by atoms with E-state index in [9.17, 15) is 4.79 Å². The summed E-state index contributed by atoms with van der Waals surface area (Å²) in [4.78, 5) is 11.9. The second kappa shape index (κ2) is 6.37. The lowest BCUT2D eigenvalue weighted by molar-refractivity contribution is -0.122. The molecule has 1 atom stereocenters. The number of carbonyl (C=O) groups is 1. The molecule has 2 nitrogen and oxygen atoms in total. The molecule has 0 aliphatic heterocycles. The number of hydrogen-bond donors (Lipinski definition) is 1. The quantitative estimate of drug-likeness (QED) is 0.887. The maximum absolute atomic E-state index is 11.9. The van der Waals surface area contributed by atoms with E-state index in [0.29, 0.717) is 12.3 Å². The van der Waals surface area contributed by atoms with E-state index in [0.717, 1.165) is 10.0 Å². The summed E-state index contributed by atoms with van der Waals surface area (Å²) in [6, 6.07) is 8.18. The first-order chi connectivity index (χ1) is 8.65. The van der Waals surface area contributed by atoms with Crippen molar-refractivity contribution in [3.63, 3.8) is 0 Å². The molecule has 1 aliphatic rings. The predicted molar refractivity (Wildman–Crippen MR) is 77.3 cm³/mol. The van der Waals surface area contributed by atoms with Crippen molar-refractivity contribution in [2.75, 3.05) is 0 Å². The van der Waals surface area contributed by atoms with Crippen LogP contribution in [0.25, 0.3) is 0 Å². The minimum atomic E-state index is 0.0800. The number of nitrogens with one attached hydrogen (secondary N) is 1. The molecular weight excluding hydrogens is 290 g/mol. The van der Waals surface area contributed by atoms with Gasteiger partial charge in [0.15, 0.2) is 0 Å². The van der Waals surface area contributed by atoms with Gasteiger partial charge >= 0.3 is 0 Å². The molecular formula is C15H20BrNO. The summed E-state index contributed by atoms with van der Waals surface area (Å²) in [6.07, 6.45) is 5.72. The van der Waals surface area contributed by atoms with Crippen molar-refractivity contribution in [2.24, 2.45) is 5.92 Å². The van der Waals surface area contributed by atoms with Gasteiger partial charge in [-0.1, -0.05) is 40.9 Å². The second-order valence-corrected chi connectivity index (χ2v) is 6.11. The second-order valence-electron chi connectivity index (χ2n) is 5.20. The molecule has 0 bridgehead atoms. The fraction of sp³-hybridized carbons (Fsp3) is 0.533. The van der Waals surface area contributed by atoms with Gasteiger partial charge in [0.05, 0.1) is 6.04 Å². The molecule has 0 aromatic heterocycles. The molecule has 0 saturated heterocycles. The summed E-state index contributed by atoms with van der Waals surface area (Å²) >= 11 is 3.45. The van der Waals surface area contributed by atoms with Crippen LogP contribution in [0.15, 0.2) is 28.7 Å². The Kier molecular flexibility index (Phi) is 4.81. The van der Waals surface area contributed by atoms with Crippen molar-refractivity contribution in [1.29, 1.82) is 0 Å². The Morgan fingerprint density at radius 2 is 2.17 bits per heavy atom. The van der Waals surface area contributed by atoms with Crippen LogP contribution in [0.4, 0.5) is 0 Å². The topological polar surface area (TPSA) is 29.1 Å². The van der Waals surface area contributed by atoms with Crippen LogP contribution in [0.3, 0.4) is 0 Å². The van der Waals surface area contributed by atoms with E-state index in [1.807, 2.05) is 25.1 Å². The Morgan fingerprint density at radius 3 is 2.83 bits per heavy atom. The van der Waals surface area contributed by atoms with Gasteiger partial charge in [-0.25, -0.2) is 0 Å². The Morgan fingerprint density at radius 1 is 1.44 bits per heavy atom. The van der Waals surface area contributed by atoms with Crippen molar-refractivity contribution in [3.05, 3.63) is 34.3 Å². The van der Waals surface area contributed by atoms with Crippen LogP contribution in [0, 0.1) is 5.92 Å². The largest absolute Gasteiger partial charge is 0.350 e. The SMILES string of the molecule is C[C@@H](NC(=O)CC1CCCC1)c1cccc(Br)c1. The molecule has 18 heavy (non-hydrogen) atoms. The van der Waals surface area contributed by atoms with Gasteiger partial charge in [0, 0.05) is 10.9 Å². The first kappa shape index (κ1) is 13.6. The minimum absolute atomic E-state index is 0.0800. The van der Waals surface area contributed by atoms with Crippen LogP contribution < -0.4 is 5.32 Å². The number of rotatable bonds is 4. The molecule has 1 N–H and O–H groups in total. The van der Waals surface area contributed by atoms with E-state index in [-0.39, 0.29) is 11.9 Å². The van der Waals surface area contributed by atoms with E-state index >= 15 is 0 Å². The third kappa shape index (κ3) is 3.84. The highest BCUT2D eigenvalue weighted by atomic mass is 79.9. The molecule has 1 aromatic rings. The number of hydrogen-bond acceptors (Lipinski definition) is 1. The van der Waals surface area contributed by atoms with Gasteiger partial charge in [-0.2, -0.15) is 0 Å². The van der Waals surface area contributed by atoms with Gasteiger partial charge in [-0.05, 0) is 43.4 Å². The average Bonchev–Trinajstić information content (AvgIpc) is 2.81. The molecule has 1 aromatic carbocycles. The Labute approximate surface area is 117 Å². The monoisotopic (exact) mass is 309 g/mol. The molecule has 0 radical (unpaired) electrons. The van der Waals surface area contributed by atoms with Gasteiger partial charge in [0.2, 0.25) is 5.91 Å². The zero-order chi connectivity index (χ0) is 13.0. The van der Waals surface area contributed by atoms with E-state index < -0.39 is 0 Å². The highest BCUT2D eigenvalue weighted by Crippen LogP contribution is 2.27. The van der Waals surface area contributed by atoms with Crippen molar-refractivity contribution >= 4 is 21.8 Å². The van der Waals surface area contributed by atoms with Gasteiger partial charge in [0.25, 0.3) is 0 Å². The maximum atomic E-state index is 11.9. The standard InChI is InChI=1S/C15H20BrNO/c1-11(13-7-4-8-14(16)10-13)17-15(18)9-12-5-2-3-6-12/h4,7-8,10-12H,2-3,5-6,9H2,1H3,(H,17,18)/t11-/m1/s1. The molecule has 1 aliphatic carbocycles. The fourth-order valence-corrected chi connectivity index (χ4v) is 3.05. The summed E-state index contributed by atoms with van der Waals surface area (Å²) < 4.78 is 1.05. The smallest absolute Gasteiger partial charge is 0.220 e. The van der Waals surface area contributed by atoms with Crippen LogP contribution in [0.5, 0.6) is 0 Å². The maximum Gasteiger partial charge on any atom is 0.220 e. The Hall–Kier alpha value is -0.830. The van der Waals surface area contributed by atoms with Crippen molar-refractivity contribution in [2.45, 2.75) is 45.1 Å². The lowest BCUT2D eigenvalue weighted by Crippen LogP contribution is -2.27. The number of halogens is 1. The first-order valence-electron chi connectivity index (χ1n) is 6.70. The molecule has 1 fully saturated rings. The van der Waals surface area contributed by atoms with Crippen molar-refractivity contribution < 1.29 is 4.79 Å². The van der Waals surface area contributed by atoms with Crippen LogP contribution in [-0.2, 0) is 4.79 Å². The van der Waals surface area contributed by atoms with E-state index in [1.54, 1.807) is 0 Å². The normalized spacial score (nSPS) is 17.7. The summed E-state index contributed by atoms with van der Waals surface area (Å²) in [5.74, 6) is 0.800. The lowest BCUT2D eigenvalue weighted by Gasteiger charge is -2.16. The number of carbonyl (C=O) groups excluding carboxylic acids is 1. The lowest BCUT2D eigenvalue weighted by atomic mass is 10.0. The van der Waals surface area contributed by atoms with E-state index in [2.05, 4.69) is 27.3 Å². The van der Waals surface area contributed by atoms with Gasteiger partial charge in [-0.15, -0.1) is 0 Å². The minimum Gasteiger partial charge on any atom is -0.350 e. The van der Waals surface area contributed by atoms with Gasteiger partial charge in [-0.3, -0.25) is 4.79 Å². The molecule has 0 heterocycles. The van der Waals surface area contributed by atoms with Crippen LogP contribution >= 0.6 is 15.9 Å². The fourth-order valence-electron chi connectivity index (χ4n) is 2.64. The van der Waals surface area contributed by atoms with E-state index in [4.69, 9.17) is 0 Å². The highest BCUT2D eigenvalue weighted by Gasteiger charge is 2.19. The zero-order valence-electron chi connectivity index (χ0n) is 10.8. The highest BCUT2D eigenvalue weighted by molar-refractivity contribution is 9.10. The van der Waals surface area contributed by atoms with Crippen molar-refractivity contribution in [1.82, 2.24) is 5.32 Å².